The topological polar surface area (TPSA) is 63.6 Å². The predicted octanol–water partition coefficient (Wildman–Crippen LogP) is 1.65. The third-order valence-corrected chi connectivity index (χ3v) is 1.30. The van der Waals surface area contributed by atoms with E-state index in [1.165, 1.54) is 12.2 Å². The predicted molar refractivity (Wildman–Crippen MR) is 51.4 cm³/mol. The lowest BCUT2D eigenvalue weighted by Crippen LogP contribution is -2.00. The lowest BCUT2D eigenvalue weighted by atomic mass is 10.3. The van der Waals surface area contributed by atoms with Crippen molar-refractivity contribution in [2.24, 2.45) is 0 Å². The van der Waals surface area contributed by atoms with E-state index in [4.69, 9.17) is 5.11 Å². The molecule has 0 aromatic carbocycles. The fraction of sp³-hybridized carbons (Fsp3) is 0.200. The summed E-state index contributed by atoms with van der Waals surface area (Å²) in [6.45, 7) is 6.73. The minimum absolute atomic E-state index is 0.0104. The standard InChI is InChI=1S/C10H12O4/c1-3-8(2)10(13)14-7-5-4-6-9(11)12/h3,5,7H,1-2,4,6H2,(H,11,12). The van der Waals surface area contributed by atoms with E-state index in [1.54, 1.807) is 0 Å². The van der Waals surface area contributed by atoms with Crippen molar-refractivity contribution < 1.29 is 19.4 Å². The number of carbonyl (C=O) groups is 2. The summed E-state index contributed by atoms with van der Waals surface area (Å²) in [5.74, 6) is -1.48. The van der Waals surface area contributed by atoms with Crippen molar-refractivity contribution in [3.05, 3.63) is 37.1 Å². The van der Waals surface area contributed by atoms with Gasteiger partial charge in [0, 0.05) is 6.42 Å². The van der Waals surface area contributed by atoms with Crippen molar-refractivity contribution in [2.45, 2.75) is 12.8 Å². The third kappa shape index (κ3) is 5.77. The molecular formula is C10H12O4. The highest BCUT2D eigenvalue weighted by Crippen LogP contribution is 1.97. The normalized spacial score (nSPS) is 9.71. The number of carbonyl (C=O) groups excluding carboxylic acids is 1. The van der Waals surface area contributed by atoms with E-state index >= 15 is 0 Å². The van der Waals surface area contributed by atoms with Crippen LogP contribution in [0.15, 0.2) is 37.1 Å². The number of carboxylic acids is 1. The molecule has 0 aliphatic carbocycles. The Kier molecular flexibility index (Phi) is 5.78. The molecule has 0 amide bonds. The molecule has 4 heteroatoms. The van der Waals surface area contributed by atoms with Crippen molar-refractivity contribution in [1.29, 1.82) is 0 Å². The number of allylic oxidation sites excluding steroid dienone is 1. The molecule has 0 saturated carbocycles. The van der Waals surface area contributed by atoms with Gasteiger partial charge in [0.2, 0.25) is 0 Å². The van der Waals surface area contributed by atoms with Gasteiger partial charge in [0.25, 0.3) is 0 Å². The zero-order valence-corrected chi connectivity index (χ0v) is 7.73. The maximum absolute atomic E-state index is 10.9. The number of hydrogen-bond donors (Lipinski definition) is 1. The van der Waals surface area contributed by atoms with Crippen LogP contribution in [0.1, 0.15) is 12.8 Å². The Labute approximate surface area is 82.2 Å². The second kappa shape index (κ2) is 6.65. The maximum Gasteiger partial charge on any atom is 0.342 e. The highest BCUT2D eigenvalue weighted by Gasteiger charge is 2.01. The zero-order valence-electron chi connectivity index (χ0n) is 7.73. The van der Waals surface area contributed by atoms with Crippen molar-refractivity contribution in [2.75, 3.05) is 0 Å². The summed E-state index contributed by atoms with van der Waals surface area (Å²) in [7, 11) is 0. The Morgan fingerprint density at radius 3 is 2.57 bits per heavy atom. The first kappa shape index (κ1) is 12.2. The molecule has 0 saturated heterocycles. The molecule has 1 N–H and O–H groups in total. The lowest BCUT2D eigenvalue weighted by molar-refractivity contribution is -0.137. The van der Waals surface area contributed by atoms with Gasteiger partial charge in [-0.05, 0) is 12.5 Å². The maximum atomic E-state index is 10.9. The van der Waals surface area contributed by atoms with E-state index in [-0.39, 0.29) is 12.0 Å². The molecule has 0 fully saturated rings. The Hall–Kier alpha value is -1.84. The van der Waals surface area contributed by atoms with Gasteiger partial charge in [0.15, 0.2) is 0 Å². The molecule has 0 bridgehead atoms. The fourth-order valence-corrected chi connectivity index (χ4v) is 0.544. The van der Waals surface area contributed by atoms with Crippen molar-refractivity contribution in [3.63, 3.8) is 0 Å². The summed E-state index contributed by atoms with van der Waals surface area (Å²) >= 11 is 0. The molecule has 0 radical (unpaired) electrons. The quantitative estimate of drug-likeness (QED) is 0.303. The smallest absolute Gasteiger partial charge is 0.342 e. The number of rotatable bonds is 6. The Morgan fingerprint density at radius 2 is 2.07 bits per heavy atom. The average Bonchev–Trinajstić information content (AvgIpc) is 2.15. The van der Waals surface area contributed by atoms with E-state index in [0.29, 0.717) is 6.42 Å². The van der Waals surface area contributed by atoms with Crippen LogP contribution in [0.2, 0.25) is 0 Å². The van der Waals surface area contributed by atoms with Gasteiger partial charge in [-0.3, -0.25) is 4.79 Å². The third-order valence-electron chi connectivity index (χ3n) is 1.30. The minimum Gasteiger partial charge on any atom is -0.481 e. The molecular weight excluding hydrogens is 184 g/mol. The summed E-state index contributed by atoms with van der Waals surface area (Å²) in [6.07, 6.45) is 4.23. The molecule has 0 aromatic rings. The first-order valence-corrected chi connectivity index (χ1v) is 3.97. The molecule has 0 rings (SSSR count). The molecule has 0 aromatic heterocycles. The largest absolute Gasteiger partial charge is 0.481 e. The van der Waals surface area contributed by atoms with Gasteiger partial charge in [-0.25, -0.2) is 4.79 Å². The van der Waals surface area contributed by atoms with Crippen LogP contribution < -0.4 is 0 Å². The van der Waals surface area contributed by atoms with E-state index in [9.17, 15) is 9.59 Å². The van der Waals surface area contributed by atoms with Crippen LogP contribution >= 0.6 is 0 Å². The van der Waals surface area contributed by atoms with Crippen LogP contribution in [0.4, 0.5) is 0 Å². The number of aliphatic carboxylic acids is 1. The lowest BCUT2D eigenvalue weighted by Gasteiger charge is -1.96. The molecule has 0 spiro atoms. The molecule has 0 heterocycles. The molecule has 0 aliphatic heterocycles. The zero-order chi connectivity index (χ0) is 11.0. The SMILES string of the molecule is C=CC(=C)C(=O)OC=CCCC(=O)O. The monoisotopic (exact) mass is 196 g/mol. The van der Waals surface area contributed by atoms with Crippen LogP contribution in [0.25, 0.3) is 0 Å². The fourth-order valence-electron chi connectivity index (χ4n) is 0.544. The first-order valence-electron chi connectivity index (χ1n) is 3.97. The molecule has 76 valence electrons. The minimum atomic E-state index is -0.892. The van der Waals surface area contributed by atoms with Crippen molar-refractivity contribution >= 4 is 11.9 Å². The van der Waals surface area contributed by atoms with E-state index in [2.05, 4.69) is 17.9 Å². The Morgan fingerprint density at radius 1 is 1.43 bits per heavy atom. The van der Waals surface area contributed by atoms with Crippen molar-refractivity contribution in [1.82, 2.24) is 0 Å². The first-order chi connectivity index (χ1) is 6.57. The van der Waals surface area contributed by atoms with Gasteiger partial charge in [0.1, 0.15) is 0 Å². The number of carboxylic acid groups (broad SMARTS) is 1. The Bertz CT molecular complexity index is 276. The number of esters is 1. The Balaban J connectivity index is 3.71. The second-order valence-electron chi connectivity index (χ2n) is 2.44. The van der Waals surface area contributed by atoms with Gasteiger partial charge in [-0.15, -0.1) is 0 Å². The summed E-state index contributed by atoms with van der Waals surface area (Å²) in [4.78, 5) is 21.0. The van der Waals surface area contributed by atoms with Crippen LogP contribution in [0, 0.1) is 0 Å². The van der Waals surface area contributed by atoms with Gasteiger partial charge in [-0.1, -0.05) is 19.2 Å². The molecule has 0 aliphatic rings. The molecule has 4 nitrogen and oxygen atoms in total. The van der Waals surface area contributed by atoms with Crippen LogP contribution in [-0.2, 0) is 14.3 Å². The van der Waals surface area contributed by atoms with Crippen LogP contribution in [0.5, 0.6) is 0 Å². The van der Waals surface area contributed by atoms with E-state index in [1.807, 2.05) is 0 Å². The summed E-state index contributed by atoms with van der Waals surface area (Å²) in [5.41, 5.74) is 0.160. The molecule has 14 heavy (non-hydrogen) atoms. The van der Waals surface area contributed by atoms with Gasteiger partial charge < -0.3 is 9.84 Å². The number of ether oxygens (including phenoxy) is 1. The van der Waals surface area contributed by atoms with Gasteiger partial charge >= 0.3 is 11.9 Å². The second-order valence-corrected chi connectivity index (χ2v) is 2.44. The highest BCUT2D eigenvalue weighted by molar-refractivity contribution is 5.90. The van der Waals surface area contributed by atoms with E-state index < -0.39 is 11.9 Å². The summed E-state index contributed by atoms with van der Waals surface area (Å²) in [5, 5.41) is 8.28. The molecule has 0 atom stereocenters. The summed E-state index contributed by atoms with van der Waals surface area (Å²) in [6, 6.07) is 0. The van der Waals surface area contributed by atoms with Crippen molar-refractivity contribution in [3.8, 4) is 0 Å². The number of hydrogen-bond acceptors (Lipinski definition) is 3. The highest BCUT2D eigenvalue weighted by atomic mass is 16.5. The summed E-state index contributed by atoms with van der Waals surface area (Å²) < 4.78 is 4.59. The molecule has 0 unspecified atom stereocenters. The van der Waals surface area contributed by atoms with E-state index in [0.717, 1.165) is 6.26 Å². The van der Waals surface area contributed by atoms with Gasteiger partial charge in [-0.2, -0.15) is 0 Å². The van der Waals surface area contributed by atoms with Crippen LogP contribution in [0.3, 0.4) is 0 Å². The average molecular weight is 196 g/mol. The van der Waals surface area contributed by atoms with Crippen LogP contribution in [-0.4, -0.2) is 17.0 Å². The van der Waals surface area contributed by atoms with Gasteiger partial charge in [0.05, 0.1) is 11.8 Å².